The van der Waals surface area contributed by atoms with Gasteiger partial charge >= 0.3 is 5.97 Å². The number of ether oxygens (including phenoxy) is 2. The maximum Gasteiger partial charge on any atom is 0.326 e. The van der Waals surface area contributed by atoms with Gasteiger partial charge < -0.3 is 46.1 Å². The van der Waals surface area contributed by atoms with Crippen molar-refractivity contribution in [2.75, 3.05) is 47.9 Å². The molecular weight excluding hydrogens is 771 g/mol. The van der Waals surface area contributed by atoms with Gasteiger partial charge in [-0.15, -0.1) is 0 Å². The summed E-state index contributed by atoms with van der Waals surface area (Å²) in [6.45, 7) is 15.8. The molecule has 1 unspecified atom stereocenters. The molecule has 1 aliphatic rings. The molecule has 1 saturated heterocycles. The lowest BCUT2D eigenvalue weighted by Crippen LogP contribution is -2.60. The molecular formula is C44H75N7O9. The molecule has 0 aromatic heterocycles. The number of nitrogens with two attached hydrogens (primary N) is 1. The monoisotopic (exact) mass is 846 g/mol. The zero-order valence-corrected chi connectivity index (χ0v) is 38.1. The lowest BCUT2D eigenvalue weighted by Gasteiger charge is -2.41. The second kappa shape index (κ2) is 25.0. The van der Waals surface area contributed by atoms with Crippen LogP contribution in [0.25, 0.3) is 0 Å². The molecule has 1 aromatic carbocycles. The lowest BCUT2D eigenvalue weighted by molar-refractivity contribution is -0.148. The maximum atomic E-state index is 14.5. The van der Waals surface area contributed by atoms with Crippen LogP contribution in [-0.4, -0.2) is 152 Å². The number of aliphatic carboxylic acids is 1. The van der Waals surface area contributed by atoms with Crippen LogP contribution in [0.5, 0.6) is 0 Å². The number of carboxylic acids is 1. The summed E-state index contributed by atoms with van der Waals surface area (Å²) in [4.78, 5) is 85.5. The van der Waals surface area contributed by atoms with Crippen LogP contribution in [0.4, 0.5) is 0 Å². The van der Waals surface area contributed by atoms with E-state index in [4.69, 9.17) is 15.2 Å². The largest absolute Gasteiger partial charge is 0.480 e. The third-order valence-corrected chi connectivity index (χ3v) is 11.9. The first-order valence-electron chi connectivity index (χ1n) is 21.4. The first-order chi connectivity index (χ1) is 28.2. The number of hydrogen-bond acceptors (Lipinski definition) is 10. The topological polar surface area (TPSA) is 213 Å². The highest BCUT2D eigenvalue weighted by molar-refractivity contribution is 5.90. The van der Waals surface area contributed by atoms with Crippen molar-refractivity contribution in [1.82, 2.24) is 30.7 Å². The van der Waals surface area contributed by atoms with E-state index in [0.29, 0.717) is 32.4 Å². The van der Waals surface area contributed by atoms with Gasteiger partial charge in [0.05, 0.1) is 49.2 Å². The number of likely N-dealkylation sites (tertiary alicyclic amines) is 1. The van der Waals surface area contributed by atoms with E-state index in [9.17, 15) is 33.9 Å². The van der Waals surface area contributed by atoms with Crippen molar-refractivity contribution in [3.05, 3.63) is 35.9 Å². The average molecular weight is 846 g/mol. The number of amides is 5. The fourth-order valence-corrected chi connectivity index (χ4v) is 8.57. The van der Waals surface area contributed by atoms with E-state index < -0.39 is 60.2 Å². The van der Waals surface area contributed by atoms with Gasteiger partial charge in [0.1, 0.15) is 12.1 Å². The molecule has 340 valence electrons. The Hall–Kier alpha value is -4.12. The van der Waals surface area contributed by atoms with Crippen LogP contribution < -0.4 is 21.7 Å². The zero-order chi connectivity index (χ0) is 45.4. The zero-order valence-electron chi connectivity index (χ0n) is 38.1. The van der Waals surface area contributed by atoms with Crippen molar-refractivity contribution in [3.8, 4) is 0 Å². The fourth-order valence-electron chi connectivity index (χ4n) is 8.57. The number of nitrogens with zero attached hydrogens (tertiary/aromatic N) is 3. The number of rotatable bonds is 25. The van der Waals surface area contributed by atoms with Crippen LogP contribution in [0.1, 0.15) is 86.6 Å². The molecule has 16 heteroatoms. The molecule has 0 aliphatic carbocycles. The van der Waals surface area contributed by atoms with Crippen molar-refractivity contribution >= 4 is 35.5 Å². The van der Waals surface area contributed by atoms with Crippen molar-refractivity contribution < 1.29 is 43.3 Å². The SMILES string of the molecule is CC[C@H](C)[C@@H]([C@@H](CC(=O)N1CCC[C@H]1[C@H](OC)[C@@H](C)C(=O)N[C@@H](Cc1ccccc1)C(=O)O)OC)N(C)C(=O)C(NC(=O)[C@H](C(C)C)N(C)C[C@@H](C)NC(=O)CN)C(C)C. The highest BCUT2D eigenvalue weighted by Gasteiger charge is 2.43. The van der Waals surface area contributed by atoms with Gasteiger partial charge in [-0.1, -0.05) is 85.2 Å². The van der Waals surface area contributed by atoms with Crippen LogP contribution in [0.3, 0.4) is 0 Å². The molecule has 1 aromatic rings. The Balaban J connectivity index is 2.28. The number of likely N-dealkylation sites (N-methyl/N-ethyl adjacent to an activating group) is 2. The summed E-state index contributed by atoms with van der Waals surface area (Å²) in [5.41, 5.74) is 6.24. The molecule has 0 radical (unpaired) electrons. The Bertz CT molecular complexity index is 1550. The molecule has 1 fully saturated rings. The summed E-state index contributed by atoms with van der Waals surface area (Å²) in [6.07, 6.45) is 0.599. The third kappa shape index (κ3) is 14.5. The predicted octanol–water partition coefficient (Wildman–Crippen LogP) is 2.28. The van der Waals surface area contributed by atoms with E-state index in [-0.39, 0.29) is 66.8 Å². The molecule has 5 amide bonds. The number of methoxy groups -OCH3 is 2. The van der Waals surface area contributed by atoms with Gasteiger partial charge in [-0.05, 0) is 50.1 Å². The summed E-state index contributed by atoms with van der Waals surface area (Å²) in [5, 5.41) is 18.5. The first kappa shape index (κ1) is 52.0. The normalized spacial score (nSPS) is 18.8. The minimum Gasteiger partial charge on any atom is -0.480 e. The lowest BCUT2D eigenvalue weighted by atomic mass is 9.89. The standard InChI is InChI=1S/C44H75N7O9/c1-13-28(6)39(50(10)43(56)37(26(2)3)48-42(55)38(27(4)5)49(9)25-29(7)46-35(52)24-45)34(59-11)23-36(53)51-21-17-20-33(51)40(60-12)30(8)41(54)47-32(44(57)58)22-31-18-15-14-16-19-31/h14-16,18-19,26-30,32-34,37-40H,13,17,20-25,45H2,1-12H3,(H,46,52)(H,47,54)(H,48,55)(H,57,58)/t28-,29+,30+,32-,33-,34+,37?,38-,39-,40+/m0/s1. The molecule has 6 N–H and O–H groups in total. The van der Waals surface area contributed by atoms with Gasteiger partial charge in [0.15, 0.2) is 0 Å². The summed E-state index contributed by atoms with van der Waals surface area (Å²) < 4.78 is 11.9. The molecule has 0 saturated carbocycles. The third-order valence-electron chi connectivity index (χ3n) is 11.9. The summed E-state index contributed by atoms with van der Waals surface area (Å²) in [5.74, 6) is -4.02. The summed E-state index contributed by atoms with van der Waals surface area (Å²) in [7, 11) is 6.50. The second-order valence-corrected chi connectivity index (χ2v) is 17.2. The molecule has 0 bridgehead atoms. The van der Waals surface area contributed by atoms with Crippen molar-refractivity contribution in [2.24, 2.45) is 29.4 Å². The van der Waals surface area contributed by atoms with Crippen LogP contribution in [0.15, 0.2) is 30.3 Å². The number of benzene rings is 1. The van der Waals surface area contributed by atoms with Gasteiger partial charge in [-0.2, -0.15) is 0 Å². The molecule has 0 spiro atoms. The smallest absolute Gasteiger partial charge is 0.326 e. The van der Waals surface area contributed by atoms with Crippen LogP contribution in [0.2, 0.25) is 0 Å². The Morgan fingerprint density at radius 1 is 0.900 bits per heavy atom. The van der Waals surface area contributed by atoms with Crippen molar-refractivity contribution in [3.63, 3.8) is 0 Å². The van der Waals surface area contributed by atoms with Crippen LogP contribution in [-0.2, 0) is 44.7 Å². The minimum absolute atomic E-state index is 0.0490. The molecule has 1 aliphatic heterocycles. The highest BCUT2D eigenvalue weighted by Crippen LogP contribution is 2.30. The molecule has 1 heterocycles. The highest BCUT2D eigenvalue weighted by atomic mass is 16.5. The van der Waals surface area contributed by atoms with E-state index in [0.717, 1.165) is 5.56 Å². The number of carbonyl (C=O) groups excluding carboxylic acids is 5. The number of carboxylic acid groups (broad SMARTS) is 1. The summed E-state index contributed by atoms with van der Waals surface area (Å²) >= 11 is 0. The van der Waals surface area contributed by atoms with E-state index in [1.165, 1.54) is 14.2 Å². The average Bonchev–Trinajstić information content (AvgIpc) is 3.68. The Kier molecular flexibility index (Phi) is 21.6. The molecule has 10 atom stereocenters. The van der Waals surface area contributed by atoms with Crippen molar-refractivity contribution in [2.45, 2.75) is 136 Å². The van der Waals surface area contributed by atoms with Gasteiger partial charge in [0.25, 0.3) is 0 Å². The van der Waals surface area contributed by atoms with Gasteiger partial charge in [-0.25, -0.2) is 4.79 Å². The number of nitrogens with one attached hydrogen (secondary N) is 3. The second-order valence-electron chi connectivity index (χ2n) is 17.2. The van der Waals surface area contributed by atoms with E-state index in [1.807, 2.05) is 78.6 Å². The Morgan fingerprint density at radius 2 is 1.53 bits per heavy atom. The quantitative estimate of drug-likeness (QED) is 0.0964. The van der Waals surface area contributed by atoms with Gasteiger partial charge in [0.2, 0.25) is 29.5 Å². The molecule has 60 heavy (non-hydrogen) atoms. The van der Waals surface area contributed by atoms with Crippen LogP contribution in [0, 0.1) is 23.7 Å². The van der Waals surface area contributed by atoms with E-state index in [2.05, 4.69) is 16.0 Å². The molecule has 16 nitrogen and oxygen atoms in total. The predicted molar refractivity (Wildman–Crippen MR) is 231 cm³/mol. The van der Waals surface area contributed by atoms with Gasteiger partial charge in [-0.3, -0.25) is 28.9 Å². The van der Waals surface area contributed by atoms with Crippen molar-refractivity contribution in [1.29, 1.82) is 0 Å². The Morgan fingerprint density at radius 3 is 2.05 bits per heavy atom. The first-order valence-corrected chi connectivity index (χ1v) is 21.4. The number of hydrogen-bond donors (Lipinski definition) is 5. The van der Waals surface area contributed by atoms with E-state index in [1.54, 1.807) is 35.9 Å². The Labute approximate surface area is 358 Å². The minimum atomic E-state index is -1.15. The summed E-state index contributed by atoms with van der Waals surface area (Å²) in [6, 6.07) is 5.20. The van der Waals surface area contributed by atoms with Crippen LogP contribution >= 0.6 is 0 Å². The van der Waals surface area contributed by atoms with E-state index >= 15 is 0 Å². The van der Waals surface area contributed by atoms with Gasteiger partial charge in [0, 0.05) is 46.8 Å². The molecule has 2 rings (SSSR count). The maximum absolute atomic E-state index is 14.5. The number of carbonyl (C=O) groups is 6. The fraction of sp³-hybridized carbons (Fsp3) is 0.727.